The number of fused-ring (bicyclic) bond motifs is 1. The van der Waals surface area contributed by atoms with Crippen molar-refractivity contribution in [2.24, 2.45) is 0 Å². The fourth-order valence-electron chi connectivity index (χ4n) is 2.89. The Hall–Kier alpha value is -3.18. The summed E-state index contributed by atoms with van der Waals surface area (Å²) in [5.74, 6) is -1.34. The number of carboxylic acid groups (broad SMARTS) is 1. The molecule has 3 aromatic carbocycles. The van der Waals surface area contributed by atoms with E-state index in [1.165, 1.54) is 12.1 Å². The van der Waals surface area contributed by atoms with Crippen LogP contribution < -0.4 is 0 Å². The molecule has 6 heteroatoms. The molecule has 0 spiro atoms. The van der Waals surface area contributed by atoms with E-state index >= 15 is 0 Å². The fourth-order valence-corrected chi connectivity index (χ4v) is 3.11. The second-order valence-corrected chi connectivity index (χ2v) is 6.24. The first-order valence-corrected chi connectivity index (χ1v) is 8.18. The molecule has 1 heterocycles. The van der Waals surface area contributed by atoms with Crippen molar-refractivity contribution in [2.75, 3.05) is 0 Å². The van der Waals surface area contributed by atoms with Crippen LogP contribution >= 0.6 is 11.6 Å². The first-order chi connectivity index (χ1) is 12.5. The number of nitrogens with zero attached hydrogens (tertiary/aromatic N) is 1. The summed E-state index contributed by atoms with van der Waals surface area (Å²) in [6.07, 6.45) is 0. The quantitative estimate of drug-likeness (QED) is 0.511. The third kappa shape index (κ3) is 2.82. The van der Waals surface area contributed by atoms with Crippen LogP contribution in [0.1, 0.15) is 10.4 Å². The Kier molecular flexibility index (Phi) is 3.93. The van der Waals surface area contributed by atoms with Crippen molar-refractivity contribution in [3.05, 3.63) is 77.1 Å². The number of halogens is 2. The van der Waals surface area contributed by atoms with Crippen molar-refractivity contribution in [2.45, 2.75) is 0 Å². The minimum absolute atomic E-state index is 0.0312. The van der Waals surface area contributed by atoms with Crippen molar-refractivity contribution >= 4 is 28.6 Å². The molecule has 0 saturated heterocycles. The minimum Gasteiger partial charge on any atom is -0.478 e. The maximum absolute atomic E-state index is 14.7. The summed E-state index contributed by atoms with van der Waals surface area (Å²) in [6, 6.07) is 17.2. The predicted octanol–water partition coefficient (Wildman–Crippen LogP) is 5.39. The fraction of sp³-hybridized carbons (Fsp3) is 0. The Labute approximate surface area is 152 Å². The summed E-state index contributed by atoms with van der Waals surface area (Å²) >= 11 is 5.96. The highest BCUT2D eigenvalue weighted by atomic mass is 35.5. The lowest BCUT2D eigenvalue weighted by molar-refractivity contribution is 0.0699. The van der Waals surface area contributed by atoms with E-state index in [1.54, 1.807) is 18.2 Å². The highest BCUT2D eigenvalue weighted by molar-refractivity contribution is 6.31. The van der Waals surface area contributed by atoms with Crippen LogP contribution in [0, 0.1) is 5.82 Å². The number of hydrogen-bond donors (Lipinski definition) is 2. The van der Waals surface area contributed by atoms with E-state index in [0.29, 0.717) is 5.52 Å². The summed E-state index contributed by atoms with van der Waals surface area (Å²) in [5, 5.41) is 9.59. The van der Waals surface area contributed by atoms with Gasteiger partial charge in [0.2, 0.25) is 0 Å². The van der Waals surface area contributed by atoms with Crippen LogP contribution in [0.4, 0.5) is 4.39 Å². The van der Waals surface area contributed by atoms with Gasteiger partial charge in [-0.25, -0.2) is 14.2 Å². The molecule has 0 bridgehead atoms. The van der Waals surface area contributed by atoms with Gasteiger partial charge >= 0.3 is 5.97 Å². The zero-order valence-electron chi connectivity index (χ0n) is 13.3. The first-order valence-electron chi connectivity index (χ1n) is 7.81. The van der Waals surface area contributed by atoms with Gasteiger partial charge in [0, 0.05) is 5.02 Å². The van der Waals surface area contributed by atoms with Gasteiger partial charge in [-0.15, -0.1) is 0 Å². The van der Waals surface area contributed by atoms with Crippen molar-refractivity contribution in [3.8, 4) is 22.5 Å². The van der Waals surface area contributed by atoms with Gasteiger partial charge in [-0.1, -0.05) is 48.0 Å². The number of hydrogen-bond acceptors (Lipinski definition) is 2. The molecular weight excluding hydrogens is 355 g/mol. The van der Waals surface area contributed by atoms with Gasteiger partial charge in [-0.2, -0.15) is 0 Å². The van der Waals surface area contributed by atoms with Gasteiger partial charge in [0.25, 0.3) is 0 Å². The minimum atomic E-state index is -1.14. The molecule has 0 unspecified atom stereocenters. The topological polar surface area (TPSA) is 66.0 Å². The zero-order valence-corrected chi connectivity index (χ0v) is 14.1. The lowest BCUT2D eigenvalue weighted by atomic mass is 10.0. The molecule has 2 N–H and O–H groups in total. The van der Waals surface area contributed by atoms with E-state index in [4.69, 9.17) is 11.6 Å². The van der Waals surface area contributed by atoms with Gasteiger partial charge < -0.3 is 10.1 Å². The largest absolute Gasteiger partial charge is 0.478 e. The van der Waals surface area contributed by atoms with Crippen LogP contribution in [-0.2, 0) is 0 Å². The summed E-state index contributed by atoms with van der Waals surface area (Å²) in [7, 11) is 0. The molecule has 4 nitrogen and oxygen atoms in total. The third-order valence-corrected chi connectivity index (χ3v) is 4.33. The molecule has 0 aliphatic heterocycles. The third-order valence-electron chi connectivity index (χ3n) is 4.11. The van der Waals surface area contributed by atoms with Crippen LogP contribution in [0.3, 0.4) is 0 Å². The summed E-state index contributed by atoms with van der Waals surface area (Å²) in [4.78, 5) is 18.6. The van der Waals surface area contributed by atoms with Crippen molar-refractivity contribution in [3.63, 3.8) is 0 Å². The Morgan fingerprint density at radius 3 is 2.50 bits per heavy atom. The highest BCUT2D eigenvalue weighted by Crippen LogP contribution is 2.30. The van der Waals surface area contributed by atoms with Gasteiger partial charge in [0.15, 0.2) is 0 Å². The predicted molar refractivity (Wildman–Crippen MR) is 98.9 cm³/mol. The number of aromatic amines is 1. The summed E-state index contributed by atoms with van der Waals surface area (Å²) in [6.45, 7) is 0. The van der Waals surface area contributed by atoms with E-state index in [-0.39, 0.29) is 27.5 Å². The van der Waals surface area contributed by atoms with Crippen LogP contribution in [0.25, 0.3) is 33.5 Å². The second-order valence-electron chi connectivity index (χ2n) is 5.80. The average Bonchev–Trinajstić information content (AvgIpc) is 3.04. The Bertz CT molecular complexity index is 1140. The van der Waals surface area contributed by atoms with Crippen LogP contribution in [0.2, 0.25) is 5.02 Å². The number of rotatable bonds is 3. The van der Waals surface area contributed by atoms with E-state index in [1.807, 2.05) is 30.3 Å². The van der Waals surface area contributed by atoms with Crippen molar-refractivity contribution in [1.82, 2.24) is 9.97 Å². The second kappa shape index (κ2) is 6.28. The summed E-state index contributed by atoms with van der Waals surface area (Å²) in [5.41, 5.74) is 2.56. The van der Waals surface area contributed by atoms with Gasteiger partial charge in [-0.3, -0.25) is 0 Å². The van der Waals surface area contributed by atoms with Crippen LogP contribution in [0.5, 0.6) is 0 Å². The smallest absolute Gasteiger partial charge is 0.338 e. The Balaban J connectivity index is 1.83. The molecule has 0 aliphatic carbocycles. The van der Waals surface area contributed by atoms with E-state index in [2.05, 4.69) is 9.97 Å². The van der Waals surface area contributed by atoms with Crippen molar-refractivity contribution < 1.29 is 14.3 Å². The Morgan fingerprint density at radius 2 is 1.81 bits per heavy atom. The molecular formula is C20H12ClFN2O2. The van der Waals surface area contributed by atoms with E-state index in [9.17, 15) is 14.3 Å². The SMILES string of the molecule is O=C(O)c1cc(Cl)cc2[nH]c(-c3ccc(-c4ccccc4)cc3F)nc12. The Morgan fingerprint density at radius 1 is 1.04 bits per heavy atom. The molecule has 0 atom stereocenters. The van der Waals surface area contributed by atoms with Gasteiger partial charge in [0.05, 0.1) is 16.6 Å². The molecule has 26 heavy (non-hydrogen) atoms. The number of imidazole rings is 1. The standard InChI is InChI=1S/C20H12ClFN2O2/c21-13-9-15(20(25)26)18-17(10-13)23-19(24-18)14-7-6-12(8-16(14)22)11-4-2-1-3-5-11/h1-10H,(H,23,24)(H,25,26). The molecule has 4 rings (SSSR count). The lowest BCUT2D eigenvalue weighted by Gasteiger charge is -2.04. The maximum atomic E-state index is 14.7. The number of H-pyrrole nitrogens is 1. The number of aromatic carboxylic acids is 1. The molecule has 4 aromatic rings. The summed E-state index contributed by atoms with van der Waals surface area (Å²) < 4.78 is 14.7. The number of benzene rings is 3. The van der Waals surface area contributed by atoms with Gasteiger partial charge in [-0.05, 0) is 35.4 Å². The number of nitrogens with one attached hydrogen (secondary N) is 1. The molecule has 0 fully saturated rings. The first kappa shape index (κ1) is 16.3. The lowest BCUT2D eigenvalue weighted by Crippen LogP contribution is -1.97. The molecule has 0 radical (unpaired) electrons. The normalized spacial score (nSPS) is 11.0. The molecule has 0 aliphatic rings. The number of carboxylic acids is 1. The molecule has 128 valence electrons. The van der Waals surface area contributed by atoms with E-state index < -0.39 is 11.8 Å². The average molecular weight is 367 g/mol. The zero-order chi connectivity index (χ0) is 18.3. The van der Waals surface area contributed by atoms with E-state index in [0.717, 1.165) is 11.1 Å². The molecule has 0 amide bonds. The number of aromatic nitrogens is 2. The van der Waals surface area contributed by atoms with Crippen LogP contribution in [0.15, 0.2) is 60.7 Å². The van der Waals surface area contributed by atoms with Crippen molar-refractivity contribution in [1.29, 1.82) is 0 Å². The molecule has 0 saturated carbocycles. The number of carbonyl (C=O) groups is 1. The molecule has 1 aromatic heterocycles. The van der Waals surface area contributed by atoms with Gasteiger partial charge in [0.1, 0.15) is 17.2 Å². The van der Waals surface area contributed by atoms with Crippen LogP contribution in [-0.4, -0.2) is 21.0 Å². The highest BCUT2D eigenvalue weighted by Gasteiger charge is 2.17. The maximum Gasteiger partial charge on any atom is 0.338 e. The monoisotopic (exact) mass is 366 g/mol.